The number of rotatable bonds is 6. The average Bonchev–Trinajstić information content (AvgIpc) is 2.86. The van der Waals surface area contributed by atoms with Crippen LogP contribution in [0.15, 0.2) is 28.8 Å². The number of carboxylic acid groups (broad SMARTS) is 1. The number of hydrogen-bond acceptors (Lipinski definition) is 4. The predicted octanol–water partition coefficient (Wildman–Crippen LogP) is 2.20. The molecule has 2 N–H and O–H groups in total. The number of carbonyl (C=O) groups is 1. The number of aromatic hydroxyl groups is 1. The summed E-state index contributed by atoms with van der Waals surface area (Å²) in [4.78, 5) is 10.4. The number of aryl methyl sites for hydroxylation is 1. The van der Waals surface area contributed by atoms with Crippen molar-refractivity contribution < 1.29 is 19.5 Å². The van der Waals surface area contributed by atoms with E-state index in [-0.39, 0.29) is 71.3 Å². The van der Waals surface area contributed by atoms with Crippen molar-refractivity contribution in [1.82, 2.24) is 5.16 Å². The minimum absolute atomic E-state index is 0. The van der Waals surface area contributed by atoms with Crippen LogP contribution in [-0.2, 0) is 11.2 Å². The van der Waals surface area contributed by atoms with E-state index in [9.17, 15) is 9.90 Å². The number of nitrogens with zero attached hydrogens (tertiary/aromatic N) is 1. The van der Waals surface area contributed by atoms with Gasteiger partial charge in [0.1, 0.15) is 5.75 Å². The third kappa shape index (κ3) is 6.62. The van der Waals surface area contributed by atoms with Crippen molar-refractivity contribution in [2.75, 3.05) is 0 Å². The molecule has 0 spiro atoms. The normalized spacial score (nSPS) is 9.68. The van der Waals surface area contributed by atoms with E-state index in [4.69, 9.17) is 21.2 Å². The molecule has 0 unspecified atom stereocenters. The summed E-state index contributed by atoms with van der Waals surface area (Å²) < 4.78 is 5.18. The first-order valence-electron chi connectivity index (χ1n) is 6.22. The van der Waals surface area contributed by atoms with Crippen LogP contribution in [0, 0.1) is 0 Å². The molecule has 0 atom stereocenters. The van der Waals surface area contributed by atoms with E-state index in [0.717, 1.165) is 12.1 Å². The Morgan fingerprint density at radius 2 is 1.95 bits per heavy atom. The van der Waals surface area contributed by atoms with Crippen molar-refractivity contribution in [1.29, 1.82) is 0 Å². The van der Waals surface area contributed by atoms with Gasteiger partial charge in [0.25, 0.3) is 0 Å². The fourth-order valence-electron chi connectivity index (χ4n) is 1.84. The van der Waals surface area contributed by atoms with Gasteiger partial charge in [0.15, 0.2) is 5.76 Å². The van der Waals surface area contributed by atoms with Gasteiger partial charge in [0.05, 0.1) is 11.3 Å². The monoisotopic (exact) mass is 343 g/mol. The topological polar surface area (TPSA) is 83.6 Å². The molecule has 0 aliphatic carbocycles. The van der Waals surface area contributed by atoms with Crippen LogP contribution in [0.5, 0.6) is 5.75 Å². The Balaban J connectivity index is 0.00000220. The molecular weight excluding hydrogens is 328 g/mol. The SMILES string of the molecule is O=C(O)CCCCc1cc(-c2cc(Cl)ccc2O)on1.[NaH].[NaH]. The second-order valence-electron chi connectivity index (χ2n) is 4.44. The summed E-state index contributed by atoms with van der Waals surface area (Å²) in [6.45, 7) is 0. The molecule has 0 fully saturated rings. The molecule has 1 heterocycles. The van der Waals surface area contributed by atoms with Crippen LogP contribution in [-0.4, -0.2) is 80.5 Å². The zero-order valence-electron chi connectivity index (χ0n) is 10.7. The van der Waals surface area contributed by atoms with E-state index in [1.807, 2.05) is 0 Å². The minimum atomic E-state index is -0.797. The second kappa shape index (κ2) is 10.7. The van der Waals surface area contributed by atoms with E-state index >= 15 is 0 Å². The molecule has 110 valence electrons. The number of halogens is 1. The molecule has 0 aliphatic heterocycles. The molecular formula is C14H16ClNNa2O4. The quantitative estimate of drug-likeness (QED) is 0.620. The van der Waals surface area contributed by atoms with Gasteiger partial charge in [-0.1, -0.05) is 16.8 Å². The van der Waals surface area contributed by atoms with E-state index in [1.165, 1.54) is 6.07 Å². The van der Waals surface area contributed by atoms with E-state index < -0.39 is 5.97 Å². The summed E-state index contributed by atoms with van der Waals surface area (Å²) in [6.07, 6.45) is 2.11. The number of unbranched alkanes of at least 4 members (excludes halogenated alkanes) is 1. The maximum atomic E-state index is 10.4. The van der Waals surface area contributed by atoms with Crippen molar-refractivity contribution in [3.05, 3.63) is 35.0 Å². The molecule has 0 radical (unpaired) electrons. The van der Waals surface area contributed by atoms with Gasteiger partial charge in [-0.15, -0.1) is 0 Å². The fraction of sp³-hybridized carbons (Fsp3) is 0.286. The standard InChI is InChI=1S/C14H14ClNO4.2Na.2H/c15-9-5-6-12(17)11(7-9)13-8-10(16-20-13)3-1-2-4-14(18)19;;;;/h5-8,17H,1-4H2,(H,18,19);;;;. The van der Waals surface area contributed by atoms with Crippen molar-refractivity contribution in [3.63, 3.8) is 0 Å². The van der Waals surface area contributed by atoms with Gasteiger partial charge in [0, 0.05) is 17.5 Å². The van der Waals surface area contributed by atoms with Crippen LogP contribution in [0.4, 0.5) is 0 Å². The number of aromatic nitrogens is 1. The maximum absolute atomic E-state index is 10.4. The Kier molecular flexibility index (Phi) is 10.7. The molecule has 0 amide bonds. The van der Waals surface area contributed by atoms with Gasteiger partial charge in [-0.2, -0.15) is 0 Å². The molecule has 0 saturated heterocycles. The summed E-state index contributed by atoms with van der Waals surface area (Å²) in [7, 11) is 0. The summed E-state index contributed by atoms with van der Waals surface area (Å²) >= 11 is 5.88. The zero-order chi connectivity index (χ0) is 14.5. The molecule has 0 bridgehead atoms. The second-order valence-corrected chi connectivity index (χ2v) is 4.88. The van der Waals surface area contributed by atoms with Crippen molar-refractivity contribution in [2.24, 2.45) is 0 Å². The molecule has 0 saturated carbocycles. The van der Waals surface area contributed by atoms with Gasteiger partial charge in [0.2, 0.25) is 0 Å². The molecule has 8 heteroatoms. The molecule has 1 aromatic carbocycles. The first-order valence-corrected chi connectivity index (χ1v) is 6.60. The first-order chi connectivity index (χ1) is 9.56. The van der Waals surface area contributed by atoms with Gasteiger partial charge < -0.3 is 14.7 Å². The van der Waals surface area contributed by atoms with Crippen LogP contribution in [0.25, 0.3) is 11.3 Å². The summed E-state index contributed by atoms with van der Waals surface area (Å²) in [5.41, 5.74) is 1.21. The van der Waals surface area contributed by atoms with E-state index in [0.29, 0.717) is 29.2 Å². The number of benzene rings is 1. The van der Waals surface area contributed by atoms with Crippen molar-refractivity contribution in [3.8, 4) is 17.1 Å². The number of hydrogen-bond donors (Lipinski definition) is 2. The summed E-state index contributed by atoms with van der Waals surface area (Å²) in [5, 5.41) is 22.7. The molecule has 1 aromatic heterocycles. The van der Waals surface area contributed by atoms with Gasteiger partial charge in [-0.05, 0) is 37.5 Å². The zero-order valence-corrected chi connectivity index (χ0v) is 11.4. The average molecular weight is 344 g/mol. The Hall–Kier alpha value is -0.01000. The van der Waals surface area contributed by atoms with Crippen LogP contribution < -0.4 is 0 Å². The summed E-state index contributed by atoms with van der Waals surface area (Å²) in [6, 6.07) is 6.41. The fourth-order valence-corrected chi connectivity index (χ4v) is 2.02. The number of phenolic OH excluding ortho intramolecular Hbond substituents is 1. The van der Waals surface area contributed by atoms with Crippen LogP contribution in [0.2, 0.25) is 5.02 Å². The van der Waals surface area contributed by atoms with E-state index in [2.05, 4.69) is 5.16 Å². The predicted molar refractivity (Wildman–Crippen MR) is 88.1 cm³/mol. The van der Waals surface area contributed by atoms with Gasteiger partial charge >= 0.3 is 65.1 Å². The van der Waals surface area contributed by atoms with Crippen LogP contribution in [0.1, 0.15) is 25.0 Å². The Morgan fingerprint density at radius 3 is 2.64 bits per heavy atom. The van der Waals surface area contributed by atoms with Crippen LogP contribution >= 0.6 is 11.6 Å². The number of aliphatic carboxylic acids is 1. The van der Waals surface area contributed by atoms with Gasteiger partial charge in [-0.3, -0.25) is 4.79 Å². The molecule has 22 heavy (non-hydrogen) atoms. The third-order valence-electron chi connectivity index (χ3n) is 2.86. The van der Waals surface area contributed by atoms with Crippen molar-refractivity contribution in [2.45, 2.75) is 25.7 Å². The summed E-state index contributed by atoms with van der Waals surface area (Å²) in [5.74, 6) is -0.282. The number of carboxylic acids is 1. The Labute approximate surface area is 177 Å². The van der Waals surface area contributed by atoms with Crippen molar-refractivity contribution >= 4 is 76.7 Å². The molecule has 2 aromatic rings. The molecule has 5 nitrogen and oxygen atoms in total. The third-order valence-corrected chi connectivity index (χ3v) is 3.09. The van der Waals surface area contributed by atoms with Gasteiger partial charge in [-0.25, -0.2) is 0 Å². The van der Waals surface area contributed by atoms with E-state index in [1.54, 1.807) is 18.2 Å². The Bertz CT molecular complexity index is 619. The molecule has 2 rings (SSSR count). The Morgan fingerprint density at radius 1 is 1.23 bits per heavy atom. The molecule has 0 aliphatic rings. The van der Waals surface area contributed by atoms with Crippen LogP contribution in [0.3, 0.4) is 0 Å². The first kappa shape index (κ1) is 22.0. The number of phenols is 1.